The van der Waals surface area contributed by atoms with Crippen molar-refractivity contribution in [1.82, 2.24) is 44.9 Å². The van der Waals surface area contributed by atoms with Crippen LogP contribution in [0.3, 0.4) is 0 Å². The first-order chi connectivity index (χ1) is 44.8. The number of thiazole rings is 3. The molecule has 3 aromatic carbocycles. The van der Waals surface area contributed by atoms with Crippen molar-refractivity contribution in [3.05, 3.63) is 139 Å². The largest absolute Gasteiger partial charge is 0.491 e. The Kier molecular flexibility index (Phi) is 27.2. The summed E-state index contributed by atoms with van der Waals surface area (Å²) < 4.78 is 17.9. The van der Waals surface area contributed by atoms with Crippen LogP contribution in [0.1, 0.15) is 155 Å². The highest BCUT2D eigenvalue weighted by atomic mass is 32.1. The molecule has 0 spiro atoms. The van der Waals surface area contributed by atoms with E-state index in [1.165, 1.54) is 14.6 Å². The van der Waals surface area contributed by atoms with Crippen molar-refractivity contribution in [1.29, 1.82) is 0 Å². The van der Waals surface area contributed by atoms with E-state index in [-0.39, 0.29) is 19.2 Å². The van der Waals surface area contributed by atoms with Gasteiger partial charge in [0.2, 0.25) is 5.95 Å². The van der Waals surface area contributed by atoms with E-state index in [1.807, 2.05) is 38.1 Å². The molecule has 504 valence electrons. The molecule has 6 heterocycles. The lowest BCUT2D eigenvalue weighted by atomic mass is 10.1. The van der Waals surface area contributed by atoms with Crippen LogP contribution in [0.4, 0.5) is 34.9 Å². The number of nitrogen functional groups attached to an aromatic ring is 5. The molecule has 0 fully saturated rings. The van der Waals surface area contributed by atoms with Gasteiger partial charge in [0.05, 0.1) is 40.6 Å². The number of aliphatic hydroxyl groups is 2. The van der Waals surface area contributed by atoms with Gasteiger partial charge in [0, 0.05) is 81.8 Å². The molecule has 0 atom stereocenters. The number of nitrogens with zero attached hydrogens (tertiary/aromatic N) is 10. The monoisotopic (exact) mass is 1340 g/mol. The first-order valence-electron chi connectivity index (χ1n) is 32.6. The van der Waals surface area contributed by atoms with E-state index in [4.69, 9.17) is 57.8 Å². The Labute approximate surface area is 567 Å². The smallest absolute Gasteiger partial charge is 0.222 e. The fraction of sp³-hybridized carbons (Fsp3) is 0.451. The fourth-order valence-corrected chi connectivity index (χ4v) is 13.6. The van der Waals surface area contributed by atoms with E-state index in [1.54, 1.807) is 86.1 Å². The molecular formula is C71H97N15O5S3. The van der Waals surface area contributed by atoms with Crippen molar-refractivity contribution in [2.75, 3.05) is 67.0 Å². The van der Waals surface area contributed by atoms with Crippen LogP contribution >= 0.6 is 34.0 Å². The summed E-state index contributed by atoms with van der Waals surface area (Å²) in [5, 5.41) is 22.9. The summed E-state index contributed by atoms with van der Waals surface area (Å²) in [5.74, 6) is 5.73. The Morgan fingerprint density at radius 2 is 0.894 bits per heavy atom. The van der Waals surface area contributed by atoms with Crippen LogP contribution in [0.2, 0.25) is 0 Å². The maximum atomic E-state index is 9.98. The lowest BCUT2D eigenvalue weighted by Gasteiger charge is -2.22. The van der Waals surface area contributed by atoms with Gasteiger partial charge in [-0.05, 0) is 147 Å². The third-order valence-electron chi connectivity index (χ3n) is 14.6. The first kappa shape index (κ1) is 73.3. The molecule has 9 rings (SSSR count). The lowest BCUT2D eigenvalue weighted by Crippen LogP contribution is -2.28. The topological polar surface area (TPSA) is 317 Å². The average Bonchev–Trinajstić information content (AvgIpc) is 1.75. The van der Waals surface area contributed by atoms with Crippen LogP contribution in [0, 0.1) is 13.8 Å². The number of rotatable bonds is 30. The Morgan fingerprint density at radius 3 is 1.34 bits per heavy atom. The van der Waals surface area contributed by atoms with Gasteiger partial charge in [0.1, 0.15) is 80.4 Å². The number of hydrogen-bond donors (Lipinski definition) is 7. The van der Waals surface area contributed by atoms with E-state index < -0.39 is 11.2 Å². The van der Waals surface area contributed by atoms with Crippen LogP contribution in [0.15, 0.2) is 79.0 Å². The summed E-state index contributed by atoms with van der Waals surface area (Å²) in [5.41, 5.74) is 37.6. The molecule has 6 aromatic heterocycles. The van der Waals surface area contributed by atoms with Crippen LogP contribution in [0.5, 0.6) is 17.2 Å². The highest BCUT2D eigenvalue weighted by Crippen LogP contribution is 2.38. The van der Waals surface area contributed by atoms with E-state index in [9.17, 15) is 10.2 Å². The number of hydrogen-bond acceptors (Lipinski definition) is 23. The Hall–Kier alpha value is -8.09. The average molecular weight is 1340 g/mol. The predicted molar refractivity (Wildman–Crippen MR) is 387 cm³/mol. The van der Waals surface area contributed by atoms with E-state index >= 15 is 0 Å². The van der Waals surface area contributed by atoms with Gasteiger partial charge in [0.15, 0.2) is 0 Å². The van der Waals surface area contributed by atoms with Crippen molar-refractivity contribution < 1.29 is 24.4 Å². The molecule has 0 aliphatic carbocycles. The molecule has 0 bridgehead atoms. The zero-order valence-corrected chi connectivity index (χ0v) is 59.4. The minimum atomic E-state index is -0.890. The molecule has 0 radical (unpaired) electrons. The van der Waals surface area contributed by atoms with Crippen molar-refractivity contribution in [3.63, 3.8) is 0 Å². The molecule has 23 heteroatoms. The fourth-order valence-electron chi connectivity index (χ4n) is 9.97. The van der Waals surface area contributed by atoms with Crippen LogP contribution in [0.25, 0.3) is 31.7 Å². The van der Waals surface area contributed by atoms with Crippen molar-refractivity contribution in [3.8, 4) is 49.0 Å². The molecule has 0 aliphatic rings. The Morgan fingerprint density at radius 1 is 0.447 bits per heavy atom. The second-order valence-corrected chi connectivity index (χ2v) is 28.0. The van der Waals surface area contributed by atoms with Crippen molar-refractivity contribution in [2.24, 2.45) is 0 Å². The number of benzene rings is 3. The standard InChI is InChI=1S/C25H36N6OS.C23H31N5O2S.C23H30N4O2S/c1-5-8-21-18(10-12-24-29-22(26)16-23(27)30-24)28-25(33-21)17-9-11-19(31(4)13-6-2)20(15-17)32-14-7-3;1-5-6-19-17(10-9-16-12-20(24)28-22(25)26-16)27-21(31-19)15-8-7-14(2)18(11-15)30-13-23(3,4)29;1-5-6-19-17(9-10-21-25-12-11-20(24)27-21)26-22(30-19)16-8-7-15(2)18(13-16)29-14-23(3,4)28/h9,11,15-16H,5-8,10,12-14H2,1-4H3,(H4,26,27,29,30);7-8,11-12,29H,5-6,9-10,13H2,1-4H3,(H4,24,25,26,28);7-8,11-13,28H,5-6,9-10,14H2,1-4H3,(H2,24,25,27). The third kappa shape index (κ3) is 22.6. The molecule has 94 heavy (non-hydrogen) atoms. The third-order valence-corrected chi connectivity index (χ3v) is 18.2. The lowest BCUT2D eigenvalue weighted by molar-refractivity contribution is 0.0280. The summed E-state index contributed by atoms with van der Waals surface area (Å²) >= 11 is 5.22. The summed E-state index contributed by atoms with van der Waals surface area (Å²) in [7, 11) is 2.11. The maximum absolute atomic E-state index is 9.98. The molecule has 0 saturated heterocycles. The van der Waals surface area contributed by atoms with E-state index in [0.29, 0.717) is 55.0 Å². The first-order valence-corrected chi connectivity index (χ1v) is 35.0. The molecule has 0 unspecified atom stereocenters. The van der Waals surface area contributed by atoms with Gasteiger partial charge in [-0.15, -0.1) is 34.0 Å². The summed E-state index contributed by atoms with van der Waals surface area (Å²) in [6.07, 6.45) is 14.3. The minimum absolute atomic E-state index is 0.195. The number of aryl methyl sites for hydroxylation is 11. The predicted octanol–water partition coefficient (Wildman–Crippen LogP) is 13.5. The van der Waals surface area contributed by atoms with Crippen molar-refractivity contribution >= 4 is 68.9 Å². The Balaban J connectivity index is 0.000000200. The number of anilines is 6. The van der Waals surface area contributed by atoms with Gasteiger partial charge in [-0.1, -0.05) is 78.1 Å². The van der Waals surface area contributed by atoms with Gasteiger partial charge in [-0.2, -0.15) is 4.98 Å². The van der Waals surface area contributed by atoms with Gasteiger partial charge in [-0.3, -0.25) is 0 Å². The molecule has 9 aromatic rings. The quantitative estimate of drug-likeness (QED) is 0.0220. The SMILES string of the molecule is CCCOc1cc(-c2nc(CCc3nc(N)cc(N)n3)c(CCC)s2)ccc1N(C)CCC.CCCc1sc(-c2ccc(C)c(OCC(C)(C)O)c2)nc1CCc1cc(N)nc(N)n1.CCCc1sc(-c2ccc(C)c(OCC(C)(C)O)c2)nc1CCc1nccc(N)n1. The number of nitrogens with two attached hydrogens (primary N) is 5. The zero-order valence-electron chi connectivity index (χ0n) is 56.9. The normalized spacial score (nSPS) is 11.4. The second kappa shape index (κ2) is 34.9. The van der Waals surface area contributed by atoms with Crippen LogP contribution in [-0.4, -0.2) is 99.7 Å². The molecule has 0 aliphatic heterocycles. The molecule has 12 N–H and O–H groups in total. The van der Waals surface area contributed by atoms with Gasteiger partial charge >= 0.3 is 0 Å². The molecular weight excluding hydrogens is 1240 g/mol. The number of aromatic nitrogens is 9. The highest BCUT2D eigenvalue weighted by molar-refractivity contribution is 7.15. The van der Waals surface area contributed by atoms with Gasteiger partial charge in [-0.25, -0.2) is 39.9 Å². The summed E-state index contributed by atoms with van der Waals surface area (Å²) in [6.45, 7) is 23.9. The molecule has 20 nitrogen and oxygen atoms in total. The second-order valence-electron chi connectivity index (χ2n) is 24.7. The molecule has 0 amide bonds. The van der Waals surface area contributed by atoms with Crippen LogP contribution in [-0.2, 0) is 57.8 Å². The Bertz CT molecular complexity index is 3840. The van der Waals surface area contributed by atoms with Gasteiger partial charge in [0.25, 0.3) is 0 Å². The van der Waals surface area contributed by atoms with E-state index in [0.717, 1.165) is 172 Å². The highest BCUT2D eigenvalue weighted by Gasteiger charge is 2.21. The molecule has 0 saturated carbocycles. The van der Waals surface area contributed by atoms with Gasteiger partial charge < -0.3 is 58.0 Å². The number of ether oxygens (including phenoxy) is 3. The van der Waals surface area contributed by atoms with Crippen LogP contribution < -0.4 is 47.8 Å². The minimum Gasteiger partial charge on any atom is -0.491 e. The summed E-state index contributed by atoms with van der Waals surface area (Å²) in [6, 6.07) is 23.7. The van der Waals surface area contributed by atoms with Crippen molar-refractivity contribution in [2.45, 2.75) is 177 Å². The van der Waals surface area contributed by atoms with E-state index in [2.05, 4.69) is 107 Å². The summed E-state index contributed by atoms with van der Waals surface area (Å²) in [4.78, 5) is 46.5. The zero-order chi connectivity index (χ0) is 68.1. The maximum Gasteiger partial charge on any atom is 0.222 e.